The van der Waals surface area contributed by atoms with Gasteiger partial charge in [0.1, 0.15) is 13.4 Å². The molecule has 1 aromatic heterocycles. The van der Waals surface area contributed by atoms with E-state index in [4.69, 9.17) is 18.0 Å². The molecule has 0 aliphatic rings. The number of nitrogens with two attached hydrogens (primary N) is 1. The number of benzene rings is 2. The van der Waals surface area contributed by atoms with Crippen LogP contribution in [0.3, 0.4) is 0 Å². The molecule has 2 radical (unpaired) electrons. The minimum absolute atomic E-state index is 0.261. The first-order chi connectivity index (χ1) is 11.5. The third kappa shape index (κ3) is 2.70. The Morgan fingerprint density at radius 1 is 1.25 bits per heavy atom. The quantitative estimate of drug-likeness (QED) is 0.595. The fourth-order valence-corrected chi connectivity index (χ4v) is 3.14. The number of aryl methyl sites for hydroxylation is 1. The Balaban J connectivity index is 2.30. The van der Waals surface area contributed by atoms with Gasteiger partial charge in [-0.2, -0.15) is 5.26 Å². The molecule has 2 aromatic carbocycles. The summed E-state index contributed by atoms with van der Waals surface area (Å²) in [7, 11) is 5.96. The summed E-state index contributed by atoms with van der Waals surface area (Å²) in [6.07, 6.45) is 1.67. The van der Waals surface area contributed by atoms with E-state index in [1.54, 1.807) is 13.2 Å². The average molecular weight is 312 g/mol. The summed E-state index contributed by atoms with van der Waals surface area (Å²) in [6, 6.07) is 15.7. The molecule has 4 heteroatoms. The Hall–Kier alpha value is -2.93. The van der Waals surface area contributed by atoms with E-state index in [1.165, 1.54) is 0 Å². The highest BCUT2D eigenvalue weighted by Gasteiger charge is 2.23. The van der Waals surface area contributed by atoms with Crippen LogP contribution in [0.1, 0.15) is 29.5 Å². The van der Waals surface area contributed by atoms with Crippen LogP contribution in [0.4, 0.5) is 0 Å². The number of rotatable bonds is 3. The van der Waals surface area contributed by atoms with Crippen LogP contribution in [0.2, 0.25) is 0 Å². The van der Waals surface area contributed by atoms with Gasteiger partial charge in [-0.05, 0) is 42.7 Å². The molecule has 24 heavy (non-hydrogen) atoms. The normalized spacial score (nSPS) is 13.4. The minimum atomic E-state index is -0.261. The van der Waals surface area contributed by atoms with Crippen LogP contribution in [0.15, 0.2) is 64.4 Å². The molecule has 0 saturated heterocycles. The predicted molar refractivity (Wildman–Crippen MR) is 97.1 cm³/mol. The van der Waals surface area contributed by atoms with E-state index in [-0.39, 0.29) is 5.92 Å². The molecule has 0 bridgehead atoms. The number of hydrogen-bond acceptors (Lipinski definition) is 3. The van der Waals surface area contributed by atoms with Gasteiger partial charge >= 0.3 is 0 Å². The van der Waals surface area contributed by atoms with Gasteiger partial charge in [-0.3, -0.25) is 0 Å². The summed E-state index contributed by atoms with van der Waals surface area (Å²) in [5.74, 6) is -0.261. The van der Waals surface area contributed by atoms with E-state index in [1.807, 2.05) is 49.4 Å². The molecule has 0 aliphatic carbocycles. The fraction of sp³-hybridized carbons (Fsp3) is 0.150. The zero-order chi connectivity index (χ0) is 17.3. The Labute approximate surface area is 142 Å². The Morgan fingerprint density at radius 2 is 2.04 bits per heavy atom. The molecule has 1 heterocycles. The summed E-state index contributed by atoms with van der Waals surface area (Å²) in [4.78, 5) is 0. The van der Waals surface area contributed by atoms with Crippen LogP contribution >= 0.6 is 0 Å². The summed E-state index contributed by atoms with van der Waals surface area (Å²) in [5, 5.41) is 10.7. The molecule has 3 aromatic rings. The van der Waals surface area contributed by atoms with E-state index < -0.39 is 0 Å². The lowest BCUT2D eigenvalue weighted by Gasteiger charge is -2.21. The highest BCUT2D eigenvalue weighted by molar-refractivity contribution is 6.32. The second-order valence-corrected chi connectivity index (χ2v) is 5.92. The smallest absolute Gasteiger partial charge is 0.134 e. The minimum Gasteiger partial charge on any atom is -0.464 e. The maximum Gasteiger partial charge on any atom is 0.134 e. The zero-order valence-corrected chi connectivity index (χ0v) is 13.7. The predicted octanol–water partition coefficient (Wildman–Crippen LogP) is 3.42. The maximum atomic E-state index is 9.69. The van der Waals surface area contributed by atoms with Crippen molar-refractivity contribution in [2.75, 3.05) is 0 Å². The molecule has 3 rings (SSSR count). The SMILES string of the molecule is [B]c1cccc(C(/C(C#N)=C(\C)N)c2ccc3occc3c2C)c1. The third-order valence-corrected chi connectivity index (χ3v) is 4.34. The van der Waals surface area contributed by atoms with Gasteiger partial charge in [0.2, 0.25) is 0 Å². The number of nitrogens with zero attached hydrogens (tertiary/aromatic N) is 1. The van der Waals surface area contributed by atoms with Gasteiger partial charge in [-0.25, -0.2) is 0 Å². The van der Waals surface area contributed by atoms with Crippen LogP contribution in [-0.4, -0.2) is 7.85 Å². The largest absolute Gasteiger partial charge is 0.464 e. The van der Waals surface area contributed by atoms with E-state index in [0.717, 1.165) is 27.7 Å². The van der Waals surface area contributed by atoms with Gasteiger partial charge in [-0.15, -0.1) is 0 Å². The van der Waals surface area contributed by atoms with Crippen molar-refractivity contribution >= 4 is 24.3 Å². The molecule has 116 valence electrons. The third-order valence-electron chi connectivity index (χ3n) is 4.34. The van der Waals surface area contributed by atoms with Crippen molar-refractivity contribution in [1.29, 1.82) is 5.26 Å². The number of hydrogen-bond donors (Lipinski definition) is 1. The topological polar surface area (TPSA) is 63.0 Å². The molecule has 2 N–H and O–H groups in total. The van der Waals surface area contributed by atoms with Gasteiger partial charge in [0, 0.05) is 17.0 Å². The molecule has 0 aliphatic heterocycles. The van der Waals surface area contributed by atoms with Crippen LogP contribution in [0, 0.1) is 18.3 Å². The van der Waals surface area contributed by atoms with Gasteiger partial charge < -0.3 is 10.2 Å². The number of nitriles is 1. The zero-order valence-electron chi connectivity index (χ0n) is 13.7. The van der Waals surface area contributed by atoms with Crippen LogP contribution < -0.4 is 11.2 Å². The molecule has 1 atom stereocenters. The van der Waals surface area contributed by atoms with Gasteiger partial charge in [0.15, 0.2) is 0 Å². The monoisotopic (exact) mass is 312 g/mol. The highest BCUT2D eigenvalue weighted by Crippen LogP contribution is 2.36. The van der Waals surface area contributed by atoms with Crippen molar-refractivity contribution in [3.05, 3.63) is 76.7 Å². The number of furan rings is 1. The first kappa shape index (κ1) is 16.0. The Morgan fingerprint density at radius 3 is 2.71 bits per heavy atom. The van der Waals surface area contributed by atoms with Crippen LogP contribution in [0.5, 0.6) is 0 Å². The van der Waals surface area contributed by atoms with Crippen LogP contribution in [-0.2, 0) is 0 Å². The van der Waals surface area contributed by atoms with Gasteiger partial charge in [-0.1, -0.05) is 35.8 Å². The van der Waals surface area contributed by atoms with Crippen molar-refractivity contribution in [3.8, 4) is 6.07 Å². The first-order valence-electron chi connectivity index (χ1n) is 7.71. The van der Waals surface area contributed by atoms with Crippen molar-refractivity contribution in [2.24, 2.45) is 5.73 Å². The fourth-order valence-electron chi connectivity index (χ4n) is 3.14. The molecular formula is C20H17BN2O. The standard InChI is InChI=1S/C20H17BN2O/c1-12-16-8-9-24-19(16)7-6-17(12)20(18(11-22)13(2)23)14-4-3-5-15(21)10-14/h3-10,20H,23H2,1-2H3/b18-13+. The molecule has 0 fully saturated rings. The number of allylic oxidation sites excluding steroid dienone is 2. The Kier molecular flexibility index (Phi) is 4.18. The lowest BCUT2D eigenvalue weighted by atomic mass is 9.80. The van der Waals surface area contributed by atoms with Crippen molar-refractivity contribution in [1.82, 2.24) is 0 Å². The Bertz CT molecular complexity index is 975. The molecule has 3 nitrogen and oxygen atoms in total. The van der Waals surface area contributed by atoms with E-state index in [0.29, 0.717) is 16.7 Å². The lowest BCUT2D eigenvalue weighted by molar-refractivity contribution is 0.615. The van der Waals surface area contributed by atoms with Crippen molar-refractivity contribution in [3.63, 3.8) is 0 Å². The van der Waals surface area contributed by atoms with Gasteiger partial charge in [0.25, 0.3) is 0 Å². The molecule has 0 amide bonds. The molecule has 1 unspecified atom stereocenters. The molecular weight excluding hydrogens is 295 g/mol. The summed E-state index contributed by atoms with van der Waals surface area (Å²) in [5.41, 5.74) is 11.6. The molecule has 0 spiro atoms. The van der Waals surface area contributed by atoms with Gasteiger partial charge in [0.05, 0.1) is 17.9 Å². The van der Waals surface area contributed by atoms with Crippen LogP contribution in [0.25, 0.3) is 11.0 Å². The maximum absolute atomic E-state index is 9.69. The lowest BCUT2D eigenvalue weighted by Crippen LogP contribution is -2.13. The average Bonchev–Trinajstić information content (AvgIpc) is 3.02. The highest BCUT2D eigenvalue weighted by atomic mass is 16.3. The molecule has 0 saturated carbocycles. The first-order valence-corrected chi connectivity index (χ1v) is 7.71. The second kappa shape index (κ2) is 6.29. The van der Waals surface area contributed by atoms with E-state index in [2.05, 4.69) is 6.07 Å². The summed E-state index contributed by atoms with van der Waals surface area (Å²) < 4.78 is 5.47. The van der Waals surface area contributed by atoms with E-state index >= 15 is 0 Å². The summed E-state index contributed by atoms with van der Waals surface area (Å²) >= 11 is 0. The van der Waals surface area contributed by atoms with E-state index in [9.17, 15) is 5.26 Å². The van der Waals surface area contributed by atoms with Crippen molar-refractivity contribution < 1.29 is 4.42 Å². The summed E-state index contributed by atoms with van der Waals surface area (Å²) in [6.45, 7) is 3.79. The number of fused-ring (bicyclic) bond motifs is 1. The van der Waals surface area contributed by atoms with Crippen molar-refractivity contribution in [2.45, 2.75) is 19.8 Å². The second-order valence-electron chi connectivity index (χ2n) is 5.92.